The molecule has 0 radical (unpaired) electrons. The van der Waals surface area contributed by atoms with Crippen LogP contribution in [0, 0.1) is 11.8 Å². The van der Waals surface area contributed by atoms with Crippen molar-refractivity contribution >= 4 is 11.8 Å². The number of rotatable bonds is 4. The Kier molecular flexibility index (Phi) is 5.14. The molecule has 0 spiro atoms. The lowest BCUT2D eigenvalue weighted by Crippen LogP contribution is -1.96. The summed E-state index contributed by atoms with van der Waals surface area (Å²) in [5.41, 5.74) is 5.50. The highest BCUT2D eigenvalue weighted by molar-refractivity contribution is 8.06. The molecule has 0 aliphatic carbocycles. The van der Waals surface area contributed by atoms with Gasteiger partial charge in [-0.3, -0.25) is 0 Å². The van der Waals surface area contributed by atoms with Crippen molar-refractivity contribution in [3.8, 4) is 0 Å². The van der Waals surface area contributed by atoms with E-state index in [2.05, 4.69) is 34.3 Å². The topological polar surface area (TPSA) is 26.0 Å². The lowest BCUT2D eigenvalue weighted by atomic mass is 10.2. The van der Waals surface area contributed by atoms with Gasteiger partial charge in [-0.2, -0.15) is 0 Å². The van der Waals surface area contributed by atoms with Gasteiger partial charge in [0.05, 0.1) is 0 Å². The third kappa shape index (κ3) is 3.86. The minimum Gasteiger partial charge on any atom is -0.404 e. The van der Waals surface area contributed by atoms with E-state index in [4.69, 9.17) is 5.73 Å². The minimum absolute atomic E-state index is 0.496. The quantitative estimate of drug-likeness (QED) is 0.727. The number of allylic oxidation sites excluding steroid dienone is 2. The number of hydrogen-bond acceptors (Lipinski definition) is 2. The first-order valence-corrected chi connectivity index (χ1v) is 5.09. The molecule has 1 nitrogen and oxygen atoms in total. The fourth-order valence-electron chi connectivity index (χ4n) is 0.614. The van der Waals surface area contributed by atoms with E-state index in [1.54, 1.807) is 18.0 Å². The zero-order chi connectivity index (χ0) is 9.72. The van der Waals surface area contributed by atoms with Crippen molar-refractivity contribution in [3.05, 3.63) is 22.6 Å². The molecule has 0 atom stereocenters. The van der Waals surface area contributed by atoms with Gasteiger partial charge in [0.2, 0.25) is 0 Å². The molecule has 0 unspecified atom stereocenters. The van der Waals surface area contributed by atoms with Crippen LogP contribution in [0.3, 0.4) is 0 Å². The molecule has 0 amide bonds. The molecule has 12 heavy (non-hydrogen) atoms. The Morgan fingerprint density at radius 2 is 1.75 bits per heavy atom. The Morgan fingerprint density at radius 1 is 1.25 bits per heavy atom. The van der Waals surface area contributed by atoms with Crippen LogP contribution >= 0.6 is 11.8 Å². The summed E-state index contributed by atoms with van der Waals surface area (Å²) in [6.45, 7) is 12.6. The summed E-state index contributed by atoms with van der Waals surface area (Å²) in [5.74, 6) is 1.01. The van der Waals surface area contributed by atoms with Gasteiger partial charge in [0.1, 0.15) is 0 Å². The van der Waals surface area contributed by atoms with Gasteiger partial charge in [0.25, 0.3) is 0 Å². The molecule has 0 saturated carbocycles. The van der Waals surface area contributed by atoms with E-state index in [0.29, 0.717) is 11.8 Å². The monoisotopic (exact) mass is 185 g/mol. The third-order valence-electron chi connectivity index (χ3n) is 1.63. The Morgan fingerprint density at radius 3 is 2.00 bits per heavy atom. The maximum absolute atomic E-state index is 5.50. The van der Waals surface area contributed by atoms with Crippen LogP contribution in [0.2, 0.25) is 0 Å². The molecule has 0 aromatic rings. The number of nitrogens with two attached hydrogens (primary N) is 1. The minimum atomic E-state index is 0.496. The van der Waals surface area contributed by atoms with Gasteiger partial charge in [-0.15, -0.1) is 0 Å². The van der Waals surface area contributed by atoms with Crippen molar-refractivity contribution in [2.24, 2.45) is 17.6 Å². The van der Waals surface area contributed by atoms with Gasteiger partial charge in [0.15, 0.2) is 0 Å². The van der Waals surface area contributed by atoms with Crippen LogP contribution in [-0.2, 0) is 0 Å². The van der Waals surface area contributed by atoms with Crippen LogP contribution in [0.25, 0.3) is 0 Å². The van der Waals surface area contributed by atoms with Gasteiger partial charge < -0.3 is 5.73 Å². The van der Waals surface area contributed by atoms with E-state index in [-0.39, 0.29) is 0 Å². The van der Waals surface area contributed by atoms with Crippen molar-refractivity contribution in [3.63, 3.8) is 0 Å². The molecule has 0 aliphatic heterocycles. The van der Waals surface area contributed by atoms with Gasteiger partial charge in [-0.25, -0.2) is 0 Å². The largest absolute Gasteiger partial charge is 0.404 e. The van der Waals surface area contributed by atoms with E-state index in [9.17, 15) is 0 Å². The summed E-state index contributed by atoms with van der Waals surface area (Å²) in [4.78, 5) is 2.38. The van der Waals surface area contributed by atoms with Crippen LogP contribution in [0.5, 0.6) is 0 Å². The first-order valence-electron chi connectivity index (χ1n) is 4.27. The average molecular weight is 185 g/mol. The van der Waals surface area contributed by atoms with Gasteiger partial charge in [-0.05, 0) is 16.7 Å². The predicted molar refractivity (Wildman–Crippen MR) is 58.7 cm³/mol. The first kappa shape index (κ1) is 11.6. The SMILES string of the molecule is C=C(S/C(=C\N)C(C)C)C(C)C. The highest BCUT2D eigenvalue weighted by atomic mass is 32.2. The summed E-state index contributed by atoms with van der Waals surface area (Å²) in [7, 11) is 0. The summed E-state index contributed by atoms with van der Waals surface area (Å²) in [5, 5.41) is 0. The van der Waals surface area contributed by atoms with E-state index in [1.807, 2.05) is 0 Å². The highest BCUT2D eigenvalue weighted by Crippen LogP contribution is 2.32. The van der Waals surface area contributed by atoms with Crippen LogP contribution in [-0.4, -0.2) is 0 Å². The smallest absolute Gasteiger partial charge is 0.00743 e. The molecule has 0 fully saturated rings. The van der Waals surface area contributed by atoms with Crippen molar-refractivity contribution < 1.29 is 0 Å². The van der Waals surface area contributed by atoms with Gasteiger partial charge in [0, 0.05) is 11.1 Å². The van der Waals surface area contributed by atoms with E-state index in [0.717, 1.165) is 0 Å². The Hall–Kier alpha value is -0.370. The molecule has 0 heterocycles. The standard InChI is InChI=1S/C10H19NS/c1-7(2)9(5)12-10(6-11)8(3)4/h6-8H,5,11H2,1-4H3/b10-6-. The fraction of sp³-hybridized carbons (Fsp3) is 0.600. The van der Waals surface area contributed by atoms with E-state index >= 15 is 0 Å². The summed E-state index contributed by atoms with van der Waals surface area (Å²) in [6, 6.07) is 0. The van der Waals surface area contributed by atoms with Crippen molar-refractivity contribution in [2.45, 2.75) is 27.7 Å². The maximum atomic E-state index is 5.50. The number of thioether (sulfide) groups is 1. The second kappa shape index (κ2) is 5.31. The zero-order valence-corrected chi connectivity index (χ0v) is 9.24. The number of hydrogen-bond donors (Lipinski definition) is 1. The molecule has 0 aliphatic rings. The Bertz CT molecular complexity index is 180. The first-order chi connectivity index (χ1) is 5.49. The Balaban J connectivity index is 4.15. The second-order valence-corrected chi connectivity index (χ2v) is 4.65. The van der Waals surface area contributed by atoms with Crippen LogP contribution in [0.1, 0.15) is 27.7 Å². The van der Waals surface area contributed by atoms with Crippen molar-refractivity contribution in [1.82, 2.24) is 0 Å². The molecular weight excluding hydrogens is 166 g/mol. The highest BCUT2D eigenvalue weighted by Gasteiger charge is 2.07. The maximum Gasteiger partial charge on any atom is 0.00743 e. The van der Waals surface area contributed by atoms with Crippen molar-refractivity contribution in [1.29, 1.82) is 0 Å². The molecule has 2 N–H and O–H groups in total. The molecular formula is C10H19NS. The van der Waals surface area contributed by atoms with Gasteiger partial charge in [-0.1, -0.05) is 46.0 Å². The summed E-state index contributed by atoms with van der Waals surface area (Å²) < 4.78 is 0. The van der Waals surface area contributed by atoms with Crippen LogP contribution in [0.15, 0.2) is 22.6 Å². The van der Waals surface area contributed by atoms with Crippen LogP contribution < -0.4 is 5.73 Å². The van der Waals surface area contributed by atoms with E-state index < -0.39 is 0 Å². The summed E-state index contributed by atoms with van der Waals surface area (Å²) >= 11 is 1.70. The Labute approximate surface area is 80.1 Å². The second-order valence-electron chi connectivity index (χ2n) is 3.45. The molecule has 0 rings (SSSR count). The van der Waals surface area contributed by atoms with Crippen molar-refractivity contribution in [2.75, 3.05) is 0 Å². The molecule has 2 heteroatoms. The molecule has 70 valence electrons. The lowest BCUT2D eigenvalue weighted by Gasteiger charge is -2.13. The average Bonchev–Trinajstić information content (AvgIpc) is 1.98. The van der Waals surface area contributed by atoms with E-state index in [1.165, 1.54) is 9.81 Å². The predicted octanol–water partition coefficient (Wildman–Crippen LogP) is 3.35. The lowest BCUT2D eigenvalue weighted by molar-refractivity contribution is 0.803. The molecule has 0 bridgehead atoms. The van der Waals surface area contributed by atoms with Gasteiger partial charge >= 0.3 is 0 Å². The molecule has 0 aromatic carbocycles. The summed E-state index contributed by atoms with van der Waals surface area (Å²) in [6.07, 6.45) is 1.68. The zero-order valence-electron chi connectivity index (χ0n) is 8.42. The molecule has 0 aromatic heterocycles. The molecule has 0 saturated heterocycles. The van der Waals surface area contributed by atoms with Crippen LogP contribution in [0.4, 0.5) is 0 Å². The normalized spacial score (nSPS) is 12.7. The fourth-order valence-corrected chi connectivity index (χ4v) is 1.46. The third-order valence-corrected chi connectivity index (χ3v) is 3.20.